The first-order valence-corrected chi connectivity index (χ1v) is 10.4. The predicted octanol–water partition coefficient (Wildman–Crippen LogP) is 1.30. The largest absolute Gasteiger partial charge is 0.495 e. The van der Waals surface area contributed by atoms with Crippen LogP contribution in [-0.2, 0) is 26.0 Å². The van der Waals surface area contributed by atoms with E-state index in [0.717, 1.165) is 0 Å². The molecule has 29 heavy (non-hydrogen) atoms. The van der Waals surface area contributed by atoms with E-state index in [0.29, 0.717) is 30.3 Å². The number of aromatic nitrogens is 1. The summed E-state index contributed by atoms with van der Waals surface area (Å²) in [4.78, 5) is 16.6. The highest BCUT2D eigenvalue weighted by Gasteiger charge is 2.29. The van der Waals surface area contributed by atoms with Crippen LogP contribution >= 0.6 is 0 Å². The number of ether oxygens (including phenoxy) is 3. The summed E-state index contributed by atoms with van der Waals surface area (Å²) >= 11 is 0. The second-order valence-electron chi connectivity index (χ2n) is 6.28. The van der Waals surface area contributed by atoms with Crippen LogP contribution in [0.3, 0.4) is 0 Å². The van der Waals surface area contributed by atoms with Gasteiger partial charge in [0.15, 0.2) is 11.6 Å². The highest BCUT2D eigenvalue weighted by Crippen LogP contribution is 2.29. The number of nitrogens with zero attached hydrogens (tertiary/aromatic N) is 2. The van der Waals surface area contributed by atoms with Crippen molar-refractivity contribution in [2.45, 2.75) is 11.3 Å². The molecule has 1 saturated heterocycles. The summed E-state index contributed by atoms with van der Waals surface area (Å²) in [5.41, 5.74) is 0.532. The molecule has 0 unspecified atom stereocenters. The van der Waals surface area contributed by atoms with Crippen molar-refractivity contribution in [2.75, 3.05) is 45.8 Å². The van der Waals surface area contributed by atoms with E-state index in [2.05, 4.69) is 10.3 Å². The van der Waals surface area contributed by atoms with Crippen LogP contribution in [-0.4, -0.2) is 64.1 Å². The van der Waals surface area contributed by atoms with Gasteiger partial charge in [-0.3, -0.25) is 4.79 Å². The number of methoxy groups -OCH3 is 2. The molecular weight excluding hydrogens is 398 g/mol. The fourth-order valence-corrected chi connectivity index (χ4v) is 4.58. The molecule has 1 amide bonds. The summed E-state index contributed by atoms with van der Waals surface area (Å²) in [7, 11) is -0.873. The molecule has 0 spiro atoms. The maximum atomic E-state index is 13.0. The van der Waals surface area contributed by atoms with Crippen LogP contribution in [0, 0.1) is 0 Å². The summed E-state index contributed by atoms with van der Waals surface area (Å²) in [5, 5.41) is 2.68. The van der Waals surface area contributed by atoms with Crippen molar-refractivity contribution in [3.05, 3.63) is 42.1 Å². The fraction of sp³-hybridized carbons (Fsp3) is 0.368. The quantitative estimate of drug-likeness (QED) is 0.718. The lowest BCUT2D eigenvalue weighted by molar-refractivity contribution is -0.115. The molecule has 1 aliphatic rings. The van der Waals surface area contributed by atoms with Gasteiger partial charge >= 0.3 is 0 Å². The van der Waals surface area contributed by atoms with Crippen LogP contribution in [0.5, 0.6) is 11.5 Å². The van der Waals surface area contributed by atoms with Crippen molar-refractivity contribution >= 4 is 21.7 Å². The van der Waals surface area contributed by atoms with Crippen molar-refractivity contribution in [1.29, 1.82) is 0 Å². The molecule has 9 nitrogen and oxygen atoms in total. The maximum absolute atomic E-state index is 13.0. The Morgan fingerprint density at radius 1 is 1.17 bits per heavy atom. The molecule has 0 saturated carbocycles. The molecule has 1 aliphatic heterocycles. The van der Waals surface area contributed by atoms with Crippen molar-refractivity contribution in [2.24, 2.45) is 0 Å². The van der Waals surface area contributed by atoms with E-state index < -0.39 is 10.0 Å². The topological polar surface area (TPSA) is 107 Å². The van der Waals surface area contributed by atoms with Crippen molar-refractivity contribution in [1.82, 2.24) is 9.29 Å². The van der Waals surface area contributed by atoms with E-state index in [-0.39, 0.29) is 36.1 Å². The van der Waals surface area contributed by atoms with Gasteiger partial charge in [0.2, 0.25) is 15.9 Å². The van der Waals surface area contributed by atoms with E-state index in [1.165, 1.54) is 24.6 Å². The number of pyridine rings is 1. The zero-order valence-electron chi connectivity index (χ0n) is 16.3. The van der Waals surface area contributed by atoms with Gasteiger partial charge in [-0.05, 0) is 29.8 Å². The zero-order valence-corrected chi connectivity index (χ0v) is 17.1. The maximum Gasteiger partial charge on any atom is 0.246 e. The molecule has 10 heteroatoms. The highest BCUT2D eigenvalue weighted by molar-refractivity contribution is 7.89. The van der Waals surface area contributed by atoms with Gasteiger partial charge in [-0.2, -0.15) is 4.31 Å². The third-order valence-corrected chi connectivity index (χ3v) is 6.35. The summed E-state index contributed by atoms with van der Waals surface area (Å²) in [6, 6.07) is 8.06. The smallest absolute Gasteiger partial charge is 0.246 e. The van der Waals surface area contributed by atoms with Gasteiger partial charge in [0, 0.05) is 19.3 Å². The number of amides is 1. The molecule has 0 bridgehead atoms. The van der Waals surface area contributed by atoms with Gasteiger partial charge in [0.25, 0.3) is 0 Å². The summed E-state index contributed by atoms with van der Waals surface area (Å²) in [6.07, 6.45) is 1.51. The second-order valence-corrected chi connectivity index (χ2v) is 8.19. The zero-order chi connectivity index (χ0) is 20.9. The number of rotatable bonds is 7. The standard InChI is InChI=1S/C19H23N3O6S/c1-26-15-6-5-14(12-17(15)29(24,25)22-8-10-28-11-9-22)13-18(23)21-19-16(27-2)4-3-7-20-19/h3-7,12H,8-11,13H2,1-2H3,(H,20,21,23). The first-order chi connectivity index (χ1) is 14.0. The molecule has 3 rings (SSSR count). The first kappa shape index (κ1) is 21.0. The average Bonchev–Trinajstić information content (AvgIpc) is 2.74. The third-order valence-electron chi connectivity index (χ3n) is 4.43. The summed E-state index contributed by atoms with van der Waals surface area (Å²) < 4.78 is 43.1. The fourth-order valence-electron chi connectivity index (χ4n) is 2.97. The molecule has 0 radical (unpaired) electrons. The number of sulfonamides is 1. The minimum atomic E-state index is -3.77. The van der Waals surface area contributed by atoms with Crippen LogP contribution in [0.1, 0.15) is 5.56 Å². The monoisotopic (exact) mass is 421 g/mol. The normalized spacial score (nSPS) is 15.0. The van der Waals surface area contributed by atoms with E-state index in [9.17, 15) is 13.2 Å². The lowest BCUT2D eigenvalue weighted by atomic mass is 10.1. The van der Waals surface area contributed by atoms with Crippen LogP contribution < -0.4 is 14.8 Å². The van der Waals surface area contributed by atoms with E-state index in [4.69, 9.17) is 14.2 Å². The number of morpholine rings is 1. The molecule has 0 atom stereocenters. The van der Waals surface area contributed by atoms with Gasteiger partial charge < -0.3 is 19.5 Å². The minimum Gasteiger partial charge on any atom is -0.495 e. The van der Waals surface area contributed by atoms with Crippen molar-refractivity contribution in [3.8, 4) is 11.5 Å². The first-order valence-electron chi connectivity index (χ1n) is 8.99. The van der Waals surface area contributed by atoms with Gasteiger partial charge in [-0.1, -0.05) is 6.07 Å². The van der Waals surface area contributed by atoms with Gasteiger partial charge in [0.1, 0.15) is 10.6 Å². The molecule has 1 fully saturated rings. The van der Waals surface area contributed by atoms with Crippen LogP contribution in [0.25, 0.3) is 0 Å². The molecule has 156 valence electrons. The predicted molar refractivity (Wildman–Crippen MR) is 106 cm³/mol. The van der Waals surface area contributed by atoms with E-state index in [1.807, 2.05) is 0 Å². The number of hydrogen-bond donors (Lipinski definition) is 1. The molecule has 2 heterocycles. The van der Waals surface area contributed by atoms with E-state index >= 15 is 0 Å². The Kier molecular flexibility index (Phi) is 6.68. The Balaban J connectivity index is 1.82. The number of benzene rings is 1. The number of nitrogens with one attached hydrogen (secondary N) is 1. The third kappa shape index (κ3) is 4.84. The van der Waals surface area contributed by atoms with Gasteiger partial charge in [-0.15, -0.1) is 0 Å². The Bertz CT molecular complexity index is 974. The Morgan fingerprint density at radius 2 is 1.90 bits per heavy atom. The minimum absolute atomic E-state index is 0.0302. The number of hydrogen-bond acceptors (Lipinski definition) is 7. The molecular formula is C19H23N3O6S. The molecule has 1 aromatic carbocycles. The Hall–Kier alpha value is -2.69. The lowest BCUT2D eigenvalue weighted by Crippen LogP contribution is -2.40. The number of anilines is 1. The van der Waals surface area contributed by atoms with Gasteiger partial charge in [-0.25, -0.2) is 13.4 Å². The van der Waals surface area contributed by atoms with Crippen LogP contribution in [0.2, 0.25) is 0 Å². The molecule has 1 aromatic heterocycles. The highest BCUT2D eigenvalue weighted by atomic mass is 32.2. The Labute approximate surface area is 169 Å². The lowest BCUT2D eigenvalue weighted by Gasteiger charge is -2.26. The number of carbonyl (C=O) groups is 1. The van der Waals surface area contributed by atoms with Crippen LogP contribution in [0.15, 0.2) is 41.4 Å². The summed E-state index contributed by atoms with van der Waals surface area (Å²) in [5.74, 6) is 0.620. The van der Waals surface area contributed by atoms with Crippen molar-refractivity contribution in [3.63, 3.8) is 0 Å². The van der Waals surface area contributed by atoms with Crippen LogP contribution in [0.4, 0.5) is 5.82 Å². The van der Waals surface area contributed by atoms with Crippen molar-refractivity contribution < 1.29 is 27.4 Å². The summed E-state index contributed by atoms with van der Waals surface area (Å²) in [6.45, 7) is 1.23. The number of carbonyl (C=O) groups excluding carboxylic acids is 1. The average molecular weight is 421 g/mol. The Morgan fingerprint density at radius 3 is 2.59 bits per heavy atom. The SMILES string of the molecule is COc1ccc(CC(=O)Nc2ncccc2OC)cc1S(=O)(=O)N1CCOCC1. The molecule has 1 N–H and O–H groups in total. The van der Waals surface area contributed by atoms with E-state index in [1.54, 1.807) is 30.5 Å². The van der Waals surface area contributed by atoms with Gasteiger partial charge in [0.05, 0.1) is 33.9 Å². The molecule has 2 aromatic rings. The molecule has 0 aliphatic carbocycles. The second kappa shape index (κ2) is 9.21.